The van der Waals surface area contributed by atoms with Crippen molar-refractivity contribution in [1.29, 1.82) is 0 Å². The Kier molecular flexibility index (Phi) is 5.54. The number of aromatic nitrogens is 2. The average Bonchev–Trinajstić information content (AvgIpc) is 3.14. The molecule has 0 saturated carbocycles. The Bertz CT molecular complexity index is 918. The Balaban J connectivity index is 1.81. The first kappa shape index (κ1) is 18.6. The minimum absolute atomic E-state index is 0.0268. The number of hydrogen-bond donors (Lipinski definition) is 0. The number of aryl methyl sites for hydroxylation is 1. The van der Waals surface area contributed by atoms with Gasteiger partial charge in [-0.15, -0.1) is 0 Å². The standard InChI is InChI=1S/C21H23N3O3/c1-5-24(14(2)18-7-6-8-19(13-18)26-4)21(25)17-11-9-16(10-12-17)20-22-15(3)23-27-20/h6-14H,5H2,1-4H3. The van der Waals surface area contributed by atoms with Crippen molar-refractivity contribution >= 4 is 5.91 Å². The van der Waals surface area contributed by atoms with Crippen LogP contribution in [0.2, 0.25) is 0 Å². The van der Waals surface area contributed by atoms with E-state index in [1.54, 1.807) is 26.2 Å². The first-order valence-corrected chi connectivity index (χ1v) is 8.89. The topological polar surface area (TPSA) is 68.5 Å². The molecule has 140 valence electrons. The molecule has 3 rings (SSSR count). The van der Waals surface area contributed by atoms with Crippen molar-refractivity contribution < 1.29 is 14.1 Å². The predicted molar refractivity (Wildman–Crippen MR) is 103 cm³/mol. The summed E-state index contributed by atoms with van der Waals surface area (Å²) in [5, 5.41) is 3.79. The zero-order valence-electron chi connectivity index (χ0n) is 16.0. The minimum Gasteiger partial charge on any atom is -0.497 e. The predicted octanol–water partition coefficient (Wildman–Crippen LogP) is 4.28. The fourth-order valence-electron chi connectivity index (χ4n) is 3.01. The number of hydrogen-bond acceptors (Lipinski definition) is 5. The third-order valence-corrected chi connectivity index (χ3v) is 4.55. The molecule has 0 saturated heterocycles. The van der Waals surface area contributed by atoms with Crippen LogP contribution in [0.4, 0.5) is 0 Å². The van der Waals surface area contributed by atoms with E-state index >= 15 is 0 Å². The van der Waals surface area contributed by atoms with Crippen LogP contribution in [0.25, 0.3) is 11.5 Å². The second-order valence-electron chi connectivity index (χ2n) is 6.27. The van der Waals surface area contributed by atoms with Crippen LogP contribution in [0, 0.1) is 6.92 Å². The van der Waals surface area contributed by atoms with Gasteiger partial charge >= 0.3 is 0 Å². The smallest absolute Gasteiger partial charge is 0.257 e. The summed E-state index contributed by atoms with van der Waals surface area (Å²) in [5.74, 6) is 1.78. The Morgan fingerprint density at radius 1 is 1.22 bits per heavy atom. The molecule has 1 amide bonds. The highest BCUT2D eigenvalue weighted by molar-refractivity contribution is 5.94. The SMILES string of the molecule is CCN(C(=O)c1ccc(-c2nc(C)no2)cc1)C(C)c1cccc(OC)c1. The summed E-state index contributed by atoms with van der Waals surface area (Å²) >= 11 is 0. The second kappa shape index (κ2) is 8.03. The summed E-state index contributed by atoms with van der Waals surface area (Å²) in [6, 6.07) is 14.9. The van der Waals surface area contributed by atoms with Crippen LogP contribution >= 0.6 is 0 Å². The number of carbonyl (C=O) groups excluding carboxylic acids is 1. The van der Waals surface area contributed by atoms with Crippen molar-refractivity contribution in [2.75, 3.05) is 13.7 Å². The van der Waals surface area contributed by atoms with Crippen LogP contribution < -0.4 is 4.74 Å². The van der Waals surface area contributed by atoms with E-state index in [0.717, 1.165) is 16.9 Å². The van der Waals surface area contributed by atoms with Crippen LogP contribution in [-0.4, -0.2) is 34.6 Å². The summed E-state index contributed by atoms with van der Waals surface area (Å²) in [7, 11) is 1.64. The fourth-order valence-corrected chi connectivity index (χ4v) is 3.01. The van der Waals surface area contributed by atoms with Crippen LogP contribution in [0.5, 0.6) is 5.75 Å². The molecule has 6 nitrogen and oxygen atoms in total. The number of nitrogens with zero attached hydrogens (tertiary/aromatic N) is 3. The number of benzene rings is 2. The van der Waals surface area contributed by atoms with Gasteiger partial charge in [0.15, 0.2) is 5.82 Å². The van der Waals surface area contributed by atoms with Gasteiger partial charge in [-0.2, -0.15) is 4.98 Å². The van der Waals surface area contributed by atoms with E-state index in [2.05, 4.69) is 10.1 Å². The van der Waals surface area contributed by atoms with Crippen LogP contribution in [0.1, 0.15) is 41.6 Å². The van der Waals surface area contributed by atoms with Crippen molar-refractivity contribution in [3.8, 4) is 17.2 Å². The Hall–Kier alpha value is -3.15. The maximum atomic E-state index is 13.0. The highest BCUT2D eigenvalue weighted by atomic mass is 16.5. The molecule has 0 aliphatic carbocycles. The Morgan fingerprint density at radius 2 is 1.96 bits per heavy atom. The first-order valence-electron chi connectivity index (χ1n) is 8.89. The molecule has 0 bridgehead atoms. The van der Waals surface area contributed by atoms with Crippen molar-refractivity contribution in [3.63, 3.8) is 0 Å². The molecule has 3 aromatic rings. The third-order valence-electron chi connectivity index (χ3n) is 4.55. The van der Waals surface area contributed by atoms with E-state index in [1.165, 1.54) is 0 Å². The Labute approximate surface area is 158 Å². The number of methoxy groups -OCH3 is 1. The molecular weight excluding hydrogens is 342 g/mol. The van der Waals surface area contributed by atoms with E-state index in [-0.39, 0.29) is 11.9 Å². The van der Waals surface area contributed by atoms with Crippen molar-refractivity contribution in [3.05, 3.63) is 65.5 Å². The van der Waals surface area contributed by atoms with E-state index in [4.69, 9.17) is 9.26 Å². The van der Waals surface area contributed by atoms with Gasteiger partial charge in [-0.25, -0.2) is 0 Å². The van der Waals surface area contributed by atoms with E-state index in [0.29, 0.717) is 23.8 Å². The van der Waals surface area contributed by atoms with Crippen molar-refractivity contribution in [2.24, 2.45) is 0 Å². The van der Waals surface area contributed by atoms with E-state index in [9.17, 15) is 4.79 Å². The van der Waals surface area contributed by atoms with Crippen molar-refractivity contribution in [2.45, 2.75) is 26.8 Å². The lowest BCUT2D eigenvalue weighted by molar-refractivity contribution is 0.0702. The summed E-state index contributed by atoms with van der Waals surface area (Å²) in [4.78, 5) is 19.1. The van der Waals surface area contributed by atoms with Gasteiger partial charge < -0.3 is 14.2 Å². The second-order valence-corrected chi connectivity index (χ2v) is 6.27. The lowest BCUT2D eigenvalue weighted by Crippen LogP contribution is -2.33. The summed E-state index contributed by atoms with van der Waals surface area (Å²) in [5.41, 5.74) is 2.44. The molecule has 0 aliphatic rings. The molecule has 0 spiro atoms. The molecule has 0 N–H and O–H groups in total. The fraction of sp³-hybridized carbons (Fsp3) is 0.286. The van der Waals surface area contributed by atoms with Gasteiger partial charge in [0.1, 0.15) is 5.75 Å². The highest BCUT2D eigenvalue weighted by Crippen LogP contribution is 2.26. The van der Waals surface area contributed by atoms with Crippen LogP contribution in [-0.2, 0) is 0 Å². The molecule has 27 heavy (non-hydrogen) atoms. The molecule has 1 heterocycles. The normalized spacial score (nSPS) is 11.9. The summed E-state index contributed by atoms with van der Waals surface area (Å²) < 4.78 is 10.5. The number of ether oxygens (including phenoxy) is 1. The number of amides is 1. The zero-order valence-corrected chi connectivity index (χ0v) is 16.0. The summed E-state index contributed by atoms with van der Waals surface area (Å²) in [6.45, 7) is 6.36. The molecule has 0 radical (unpaired) electrons. The maximum Gasteiger partial charge on any atom is 0.257 e. The van der Waals surface area contributed by atoms with Crippen molar-refractivity contribution in [1.82, 2.24) is 15.0 Å². The van der Waals surface area contributed by atoms with E-state index in [1.807, 2.05) is 55.1 Å². The lowest BCUT2D eigenvalue weighted by atomic mass is 10.0. The average molecular weight is 365 g/mol. The largest absolute Gasteiger partial charge is 0.497 e. The molecule has 1 unspecified atom stereocenters. The van der Waals surface area contributed by atoms with Gasteiger partial charge in [0, 0.05) is 17.7 Å². The lowest BCUT2D eigenvalue weighted by Gasteiger charge is -2.29. The maximum absolute atomic E-state index is 13.0. The molecule has 2 aromatic carbocycles. The first-order chi connectivity index (χ1) is 13.0. The van der Waals surface area contributed by atoms with Gasteiger partial charge in [-0.1, -0.05) is 17.3 Å². The van der Waals surface area contributed by atoms with Crippen LogP contribution in [0.3, 0.4) is 0 Å². The van der Waals surface area contributed by atoms with Gasteiger partial charge in [-0.05, 0) is 62.7 Å². The third kappa shape index (κ3) is 4.00. The van der Waals surface area contributed by atoms with Gasteiger partial charge in [0.25, 0.3) is 11.8 Å². The van der Waals surface area contributed by atoms with Gasteiger partial charge in [-0.3, -0.25) is 4.79 Å². The molecule has 6 heteroatoms. The molecule has 1 atom stereocenters. The number of carbonyl (C=O) groups is 1. The van der Waals surface area contributed by atoms with E-state index < -0.39 is 0 Å². The van der Waals surface area contributed by atoms with Gasteiger partial charge in [0.2, 0.25) is 0 Å². The molecule has 0 aliphatic heterocycles. The Morgan fingerprint density at radius 3 is 2.56 bits per heavy atom. The number of rotatable bonds is 6. The quantitative estimate of drug-likeness (QED) is 0.652. The summed E-state index contributed by atoms with van der Waals surface area (Å²) in [6.07, 6.45) is 0. The zero-order chi connectivity index (χ0) is 19.4. The molecular formula is C21H23N3O3. The highest BCUT2D eigenvalue weighted by Gasteiger charge is 2.22. The minimum atomic E-state index is -0.0733. The molecule has 0 fully saturated rings. The van der Waals surface area contributed by atoms with Crippen LogP contribution in [0.15, 0.2) is 53.1 Å². The molecule has 1 aromatic heterocycles. The monoisotopic (exact) mass is 365 g/mol. The van der Waals surface area contributed by atoms with Gasteiger partial charge in [0.05, 0.1) is 13.2 Å².